The number of rotatable bonds is 16. The summed E-state index contributed by atoms with van der Waals surface area (Å²) in [6.07, 6.45) is 4.86. The van der Waals surface area contributed by atoms with Gasteiger partial charge in [-0.3, -0.25) is 4.79 Å². The number of carbonyl (C=O) groups is 1. The molecule has 0 unspecified atom stereocenters. The Morgan fingerprint density at radius 3 is 2.03 bits per heavy atom. The Balaban J connectivity index is 2.38. The lowest BCUT2D eigenvalue weighted by molar-refractivity contribution is -0.137. The molecule has 198 valence electrons. The largest absolute Gasteiger partial charge is 0.417 e. The van der Waals surface area contributed by atoms with Crippen LogP contribution in [0.25, 0.3) is 0 Å². The van der Waals surface area contributed by atoms with Crippen molar-refractivity contribution in [2.45, 2.75) is 97.6 Å². The highest BCUT2D eigenvalue weighted by atomic mass is 32.2. The zero-order chi connectivity index (χ0) is 26.5. The second-order valence-electron chi connectivity index (χ2n) is 9.79. The van der Waals surface area contributed by atoms with E-state index in [9.17, 15) is 26.4 Å². The first-order valence-electron chi connectivity index (χ1n) is 12.5. The van der Waals surface area contributed by atoms with E-state index >= 15 is 0 Å². The summed E-state index contributed by atoms with van der Waals surface area (Å²) in [6, 6.07) is 4.65. The Hall–Kier alpha value is -2.08. The van der Waals surface area contributed by atoms with Crippen molar-refractivity contribution in [1.29, 1.82) is 5.26 Å². The van der Waals surface area contributed by atoms with Gasteiger partial charge in [0.05, 0.1) is 28.7 Å². The summed E-state index contributed by atoms with van der Waals surface area (Å²) in [4.78, 5) is 12.6. The first-order chi connectivity index (χ1) is 16.3. The smallest absolute Gasteiger partial charge is 0.326 e. The molecule has 0 atom stereocenters. The monoisotopic (exact) mass is 516 g/mol. The Kier molecular flexibility index (Phi) is 12.8. The Bertz CT molecular complexity index is 952. The van der Waals surface area contributed by atoms with Gasteiger partial charge in [0.25, 0.3) is 0 Å². The van der Waals surface area contributed by atoms with Crippen LogP contribution in [0.2, 0.25) is 0 Å². The van der Waals surface area contributed by atoms with E-state index in [1.165, 1.54) is 12.1 Å². The van der Waals surface area contributed by atoms with Gasteiger partial charge in [-0.1, -0.05) is 72.1 Å². The van der Waals surface area contributed by atoms with Crippen molar-refractivity contribution in [2.24, 2.45) is 5.41 Å². The summed E-state index contributed by atoms with van der Waals surface area (Å²) < 4.78 is 63.6. The second kappa shape index (κ2) is 14.5. The lowest BCUT2D eigenvalue weighted by atomic mass is 9.85. The summed E-state index contributed by atoms with van der Waals surface area (Å²) >= 11 is 0. The average Bonchev–Trinajstić information content (AvgIpc) is 2.77. The molecule has 1 aromatic rings. The predicted molar refractivity (Wildman–Crippen MR) is 134 cm³/mol. The maximum absolute atomic E-state index is 13.1. The zero-order valence-corrected chi connectivity index (χ0v) is 22.0. The molecule has 0 radical (unpaired) electrons. The molecule has 0 spiro atoms. The molecule has 5 nitrogen and oxygen atoms in total. The van der Waals surface area contributed by atoms with Crippen LogP contribution in [0, 0.1) is 16.7 Å². The molecule has 0 bridgehead atoms. The fourth-order valence-corrected chi connectivity index (χ4v) is 5.31. The molecule has 1 rings (SSSR count). The van der Waals surface area contributed by atoms with E-state index in [1.54, 1.807) is 13.8 Å². The molecule has 0 aliphatic rings. The lowest BCUT2D eigenvalue weighted by Crippen LogP contribution is -2.30. The van der Waals surface area contributed by atoms with Crippen LogP contribution in [0.3, 0.4) is 0 Å². The number of alkyl halides is 3. The molecule has 0 heterocycles. The van der Waals surface area contributed by atoms with E-state index in [2.05, 4.69) is 12.2 Å². The Morgan fingerprint density at radius 2 is 1.49 bits per heavy atom. The number of nitrogens with one attached hydrogen (secondary N) is 1. The normalized spacial score (nSPS) is 12.4. The maximum atomic E-state index is 13.1. The molecule has 0 aromatic heterocycles. The molecule has 1 aromatic carbocycles. The van der Waals surface area contributed by atoms with Crippen molar-refractivity contribution in [1.82, 2.24) is 0 Å². The molecule has 9 heteroatoms. The SMILES string of the molecule is CCCCCCCS(=O)(=O)CCCCCCCC(C)(C)C(=O)Nc1ccc(C#N)c(C(F)(F)F)c1. The molecule has 35 heavy (non-hydrogen) atoms. The van der Waals surface area contributed by atoms with E-state index in [0.717, 1.165) is 69.9 Å². The highest BCUT2D eigenvalue weighted by molar-refractivity contribution is 7.91. The zero-order valence-electron chi connectivity index (χ0n) is 21.1. The van der Waals surface area contributed by atoms with Gasteiger partial charge in [-0.05, 0) is 37.5 Å². The fraction of sp³-hybridized carbons (Fsp3) is 0.692. The Labute approximate surface area is 208 Å². The third-order valence-corrected chi connectivity index (χ3v) is 7.96. The van der Waals surface area contributed by atoms with E-state index < -0.39 is 32.6 Å². The predicted octanol–water partition coefficient (Wildman–Crippen LogP) is 7.27. The van der Waals surface area contributed by atoms with Gasteiger partial charge in [0, 0.05) is 11.1 Å². The standard InChI is InChI=1S/C26H39F3N2O3S/c1-4-5-6-9-12-17-35(33,34)18-13-10-7-8-11-16-25(2,3)24(32)31-22-15-14-21(20-30)23(19-22)26(27,28)29/h14-15,19H,4-13,16-18H2,1-3H3,(H,31,32). The number of nitriles is 1. The van der Waals surface area contributed by atoms with Gasteiger partial charge >= 0.3 is 6.18 Å². The minimum atomic E-state index is -4.69. The number of sulfone groups is 1. The molecule has 1 N–H and O–H groups in total. The van der Waals surface area contributed by atoms with E-state index in [4.69, 9.17) is 5.26 Å². The maximum Gasteiger partial charge on any atom is 0.417 e. The highest BCUT2D eigenvalue weighted by Crippen LogP contribution is 2.34. The van der Waals surface area contributed by atoms with Crippen molar-refractivity contribution in [3.05, 3.63) is 29.3 Å². The number of unbranched alkanes of at least 4 members (excludes halogenated alkanes) is 8. The minimum absolute atomic E-state index is 0.000901. The van der Waals surface area contributed by atoms with Crippen LogP contribution in [0.4, 0.5) is 18.9 Å². The van der Waals surface area contributed by atoms with E-state index in [-0.39, 0.29) is 23.1 Å². The van der Waals surface area contributed by atoms with Gasteiger partial charge in [-0.2, -0.15) is 18.4 Å². The summed E-state index contributed by atoms with van der Waals surface area (Å²) in [5.41, 5.74) is -2.35. The molecule has 0 saturated heterocycles. The van der Waals surface area contributed by atoms with Gasteiger partial charge in [0.2, 0.25) is 5.91 Å². The number of nitrogens with zero attached hydrogens (tertiary/aromatic N) is 1. The highest BCUT2D eigenvalue weighted by Gasteiger charge is 2.34. The lowest BCUT2D eigenvalue weighted by Gasteiger charge is -2.24. The topological polar surface area (TPSA) is 87.0 Å². The van der Waals surface area contributed by atoms with Crippen molar-refractivity contribution in [2.75, 3.05) is 16.8 Å². The number of hydrogen-bond donors (Lipinski definition) is 1. The van der Waals surface area contributed by atoms with Gasteiger partial charge in [0.15, 0.2) is 0 Å². The van der Waals surface area contributed by atoms with Crippen LogP contribution in [0.15, 0.2) is 18.2 Å². The number of benzene rings is 1. The first kappa shape index (κ1) is 31.0. The van der Waals surface area contributed by atoms with Crippen LogP contribution in [-0.2, 0) is 20.8 Å². The van der Waals surface area contributed by atoms with Crippen molar-refractivity contribution < 1.29 is 26.4 Å². The molecule has 1 amide bonds. The second-order valence-corrected chi connectivity index (χ2v) is 12.1. The molecule has 0 saturated carbocycles. The van der Waals surface area contributed by atoms with Crippen LogP contribution in [-0.4, -0.2) is 25.8 Å². The molecule has 0 fully saturated rings. The van der Waals surface area contributed by atoms with Crippen LogP contribution < -0.4 is 5.32 Å². The van der Waals surface area contributed by atoms with Gasteiger partial charge < -0.3 is 5.32 Å². The first-order valence-corrected chi connectivity index (χ1v) is 14.3. The average molecular weight is 517 g/mol. The van der Waals surface area contributed by atoms with Crippen molar-refractivity contribution in [3.63, 3.8) is 0 Å². The fourth-order valence-electron chi connectivity index (χ4n) is 3.81. The molecular weight excluding hydrogens is 477 g/mol. The number of amides is 1. The van der Waals surface area contributed by atoms with E-state index in [1.807, 2.05) is 0 Å². The summed E-state index contributed by atoms with van der Waals surface area (Å²) in [5.74, 6) is 0.100. The molecular formula is C26H39F3N2O3S. The third kappa shape index (κ3) is 11.9. The van der Waals surface area contributed by atoms with Gasteiger partial charge in [0.1, 0.15) is 9.84 Å². The number of anilines is 1. The quantitative estimate of drug-likeness (QED) is 0.234. The van der Waals surface area contributed by atoms with Crippen molar-refractivity contribution in [3.8, 4) is 6.07 Å². The van der Waals surface area contributed by atoms with E-state index in [0.29, 0.717) is 12.8 Å². The summed E-state index contributed by atoms with van der Waals surface area (Å²) in [7, 11) is -2.98. The van der Waals surface area contributed by atoms with Crippen molar-refractivity contribution >= 4 is 21.4 Å². The summed E-state index contributed by atoms with van der Waals surface area (Å²) in [5, 5.41) is 11.4. The van der Waals surface area contributed by atoms with Crippen LogP contribution >= 0.6 is 0 Å². The molecule has 0 aliphatic carbocycles. The van der Waals surface area contributed by atoms with Gasteiger partial charge in [-0.25, -0.2) is 8.42 Å². The number of halogens is 3. The van der Waals surface area contributed by atoms with Crippen LogP contribution in [0.5, 0.6) is 0 Å². The molecule has 0 aliphatic heterocycles. The Morgan fingerprint density at radius 1 is 0.943 bits per heavy atom. The number of carbonyl (C=O) groups excluding carboxylic acids is 1. The minimum Gasteiger partial charge on any atom is -0.326 e. The number of hydrogen-bond acceptors (Lipinski definition) is 4. The van der Waals surface area contributed by atoms with Crippen LogP contribution in [0.1, 0.15) is 103 Å². The summed E-state index contributed by atoms with van der Waals surface area (Å²) in [6.45, 7) is 5.60. The van der Waals surface area contributed by atoms with Gasteiger partial charge in [-0.15, -0.1) is 0 Å². The third-order valence-electron chi connectivity index (χ3n) is 6.13.